The first-order valence-electron chi connectivity index (χ1n) is 9.78. The van der Waals surface area contributed by atoms with Crippen molar-refractivity contribution in [2.45, 2.75) is 32.7 Å². The van der Waals surface area contributed by atoms with Gasteiger partial charge in [-0.25, -0.2) is 0 Å². The summed E-state index contributed by atoms with van der Waals surface area (Å²) in [5.41, 5.74) is 4.65. The van der Waals surface area contributed by atoms with Gasteiger partial charge in [-0.3, -0.25) is 14.7 Å². The van der Waals surface area contributed by atoms with E-state index in [0.717, 1.165) is 34.5 Å². The topological polar surface area (TPSA) is 78.1 Å². The average molecular weight is 409 g/mol. The number of nitrogens with one attached hydrogen (secondary N) is 2. The van der Waals surface area contributed by atoms with Crippen molar-refractivity contribution < 1.29 is 9.59 Å². The fourth-order valence-corrected chi connectivity index (χ4v) is 4.36. The first kappa shape index (κ1) is 19.4. The van der Waals surface area contributed by atoms with Gasteiger partial charge in [-0.05, 0) is 49.8 Å². The average Bonchev–Trinajstić information content (AvgIpc) is 3.40. The molecule has 1 aliphatic heterocycles. The first-order chi connectivity index (χ1) is 14.0. The zero-order valence-corrected chi connectivity index (χ0v) is 17.4. The summed E-state index contributed by atoms with van der Waals surface area (Å²) >= 11 is 1.44. The van der Waals surface area contributed by atoms with Crippen molar-refractivity contribution in [3.05, 3.63) is 63.5 Å². The van der Waals surface area contributed by atoms with Gasteiger partial charge in [-0.1, -0.05) is 29.8 Å². The number of aromatic nitrogens is 2. The van der Waals surface area contributed by atoms with Crippen LogP contribution in [0.2, 0.25) is 0 Å². The lowest BCUT2D eigenvalue weighted by atomic mass is 10.0. The highest BCUT2D eigenvalue weighted by Gasteiger charge is 2.26. The Morgan fingerprint density at radius 3 is 2.66 bits per heavy atom. The molecule has 0 aliphatic carbocycles. The van der Waals surface area contributed by atoms with Crippen molar-refractivity contribution in [3.8, 4) is 11.3 Å². The Labute approximate surface area is 173 Å². The molecule has 150 valence electrons. The summed E-state index contributed by atoms with van der Waals surface area (Å²) in [6.07, 6.45) is 1.50. The number of hydrogen-bond donors (Lipinski definition) is 2. The molecular formula is C22H24N4O2S. The number of aromatic amines is 1. The van der Waals surface area contributed by atoms with E-state index < -0.39 is 0 Å². The second-order valence-electron chi connectivity index (χ2n) is 7.50. The van der Waals surface area contributed by atoms with Crippen LogP contribution in [-0.4, -0.2) is 46.0 Å². The van der Waals surface area contributed by atoms with Gasteiger partial charge in [0.05, 0.1) is 10.6 Å². The number of benzene rings is 1. The van der Waals surface area contributed by atoms with E-state index in [1.807, 2.05) is 47.5 Å². The van der Waals surface area contributed by atoms with Gasteiger partial charge < -0.3 is 10.2 Å². The number of carbonyl (C=O) groups is 2. The predicted molar refractivity (Wildman–Crippen MR) is 114 cm³/mol. The molecule has 29 heavy (non-hydrogen) atoms. The Kier molecular flexibility index (Phi) is 5.49. The van der Waals surface area contributed by atoms with Crippen molar-refractivity contribution in [1.82, 2.24) is 20.4 Å². The number of carbonyl (C=O) groups excluding carboxylic acids is 2. The SMILES string of the molecule is Cc1ccc(-c2cc(C(=O)N3CCC(NC(=O)c4cccs4)CC3)[nH]n2)c(C)c1. The fraction of sp³-hybridized carbons (Fsp3) is 0.318. The lowest BCUT2D eigenvalue weighted by molar-refractivity contribution is 0.0692. The number of H-pyrrole nitrogens is 1. The summed E-state index contributed by atoms with van der Waals surface area (Å²) in [6.45, 7) is 5.34. The number of amides is 2. The molecule has 1 saturated heterocycles. The Morgan fingerprint density at radius 2 is 1.97 bits per heavy atom. The van der Waals surface area contributed by atoms with Crippen LogP contribution >= 0.6 is 11.3 Å². The number of piperidine rings is 1. The fourth-order valence-electron chi connectivity index (χ4n) is 3.73. The summed E-state index contributed by atoms with van der Waals surface area (Å²) in [5, 5.41) is 12.2. The molecule has 0 radical (unpaired) electrons. The van der Waals surface area contributed by atoms with E-state index in [1.165, 1.54) is 16.9 Å². The molecule has 1 fully saturated rings. The highest BCUT2D eigenvalue weighted by molar-refractivity contribution is 7.12. The molecular weight excluding hydrogens is 384 g/mol. The highest BCUT2D eigenvalue weighted by Crippen LogP contribution is 2.24. The maximum absolute atomic E-state index is 12.9. The van der Waals surface area contributed by atoms with Crippen LogP contribution in [0.5, 0.6) is 0 Å². The van der Waals surface area contributed by atoms with Gasteiger partial charge >= 0.3 is 0 Å². The molecule has 0 spiro atoms. The first-order valence-corrected chi connectivity index (χ1v) is 10.7. The molecule has 6 nitrogen and oxygen atoms in total. The van der Waals surface area contributed by atoms with Crippen LogP contribution in [0.25, 0.3) is 11.3 Å². The van der Waals surface area contributed by atoms with E-state index in [9.17, 15) is 9.59 Å². The molecule has 0 saturated carbocycles. The Bertz CT molecular complexity index is 1020. The molecule has 0 bridgehead atoms. The van der Waals surface area contributed by atoms with Crippen molar-refractivity contribution in [1.29, 1.82) is 0 Å². The van der Waals surface area contributed by atoms with Crippen LogP contribution in [0.1, 0.15) is 44.1 Å². The van der Waals surface area contributed by atoms with Crippen LogP contribution in [0.15, 0.2) is 41.8 Å². The summed E-state index contributed by atoms with van der Waals surface area (Å²) in [5.74, 6) is -0.0759. The quantitative estimate of drug-likeness (QED) is 0.689. The summed E-state index contributed by atoms with van der Waals surface area (Å²) in [6, 6.07) is 11.8. The van der Waals surface area contributed by atoms with Gasteiger partial charge in [-0.2, -0.15) is 5.10 Å². The standard InChI is InChI=1S/C22H24N4O2S/c1-14-5-6-17(15(2)12-14)18-13-19(25-24-18)22(28)26-9-7-16(8-10-26)23-21(27)20-4-3-11-29-20/h3-6,11-13,16H,7-10H2,1-2H3,(H,23,27)(H,24,25). The van der Waals surface area contributed by atoms with E-state index in [-0.39, 0.29) is 17.9 Å². The van der Waals surface area contributed by atoms with E-state index in [4.69, 9.17) is 0 Å². The smallest absolute Gasteiger partial charge is 0.271 e. The largest absolute Gasteiger partial charge is 0.348 e. The minimum Gasteiger partial charge on any atom is -0.348 e. The third-order valence-corrected chi connectivity index (χ3v) is 6.20. The second-order valence-corrected chi connectivity index (χ2v) is 8.45. The molecule has 2 amide bonds. The molecule has 0 atom stereocenters. The second kappa shape index (κ2) is 8.21. The molecule has 1 aliphatic rings. The number of rotatable bonds is 4. The Morgan fingerprint density at radius 1 is 1.17 bits per heavy atom. The maximum atomic E-state index is 12.9. The van der Waals surface area contributed by atoms with Crippen molar-refractivity contribution in [3.63, 3.8) is 0 Å². The third-order valence-electron chi connectivity index (χ3n) is 5.33. The van der Waals surface area contributed by atoms with Crippen molar-refractivity contribution >= 4 is 23.2 Å². The normalized spacial score (nSPS) is 14.8. The van der Waals surface area contributed by atoms with Gasteiger partial charge in [-0.15, -0.1) is 11.3 Å². The van der Waals surface area contributed by atoms with E-state index in [2.05, 4.69) is 28.5 Å². The molecule has 1 aromatic carbocycles. The lowest BCUT2D eigenvalue weighted by Gasteiger charge is -2.32. The zero-order chi connectivity index (χ0) is 20.4. The molecule has 3 heterocycles. The summed E-state index contributed by atoms with van der Waals surface area (Å²) in [7, 11) is 0. The minimum atomic E-state index is -0.0449. The van der Waals surface area contributed by atoms with E-state index in [1.54, 1.807) is 0 Å². The van der Waals surface area contributed by atoms with E-state index in [0.29, 0.717) is 18.8 Å². The molecule has 0 unspecified atom stereocenters. The zero-order valence-electron chi connectivity index (χ0n) is 16.6. The molecule has 4 rings (SSSR count). The number of thiophene rings is 1. The van der Waals surface area contributed by atoms with Crippen LogP contribution < -0.4 is 5.32 Å². The van der Waals surface area contributed by atoms with Crippen molar-refractivity contribution in [2.24, 2.45) is 0 Å². The van der Waals surface area contributed by atoms with Gasteiger partial charge in [0.1, 0.15) is 5.69 Å². The van der Waals surface area contributed by atoms with Crippen LogP contribution in [0.3, 0.4) is 0 Å². The maximum Gasteiger partial charge on any atom is 0.271 e. The molecule has 3 aromatic rings. The Balaban J connectivity index is 1.36. The van der Waals surface area contributed by atoms with Crippen LogP contribution in [0.4, 0.5) is 0 Å². The lowest BCUT2D eigenvalue weighted by Crippen LogP contribution is -2.46. The summed E-state index contributed by atoms with van der Waals surface area (Å²) < 4.78 is 0. The molecule has 2 N–H and O–H groups in total. The molecule has 2 aromatic heterocycles. The van der Waals surface area contributed by atoms with Crippen LogP contribution in [0, 0.1) is 13.8 Å². The molecule has 7 heteroatoms. The number of hydrogen-bond acceptors (Lipinski definition) is 4. The predicted octanol–water partition coefficient (Wildman–Crippen LogP) is 3.79. The van der Waals surface area contributed by atoms with Crippen LogP contribution in [-0.2, 0) is 0 Å². The van der Waals surface area contributed by atoms with Gasteiger partial charge in [0.15, 0.2) is 0 Å². The third kappa shape index (κ3) is 4.24. The van der Waals surface area contributed by atoms with Gasteiger partial charge in [0.25, 0.3) is 11.8 Å². The number of nitrogens with zero attached hydrogens (tertiary/aromatic N) is 2. The van der Waals surface area contributed by atoms with E-state index >= 15 is 0 Å². The van der Waals surface area contributed by atoms with Gasteiger partial charge in [0, 0.05) is 24.7 Å². The highest BCUT2D eigenvalue weighted by atomic mass is 32.1. The summed E-state index contributed by atoms with van der Waals surface area (Å²) in [4.78, 5) is 27.6. The Hall–Kier alpha value is -2.93. The number of aryl methyl sites for hydroxylation is 2. The minimum absolute atomic E-state index is 0.0311. The van der Waals surface area contributed by atoms with Crippen molar-refractivity contribution in [2.75, 3.05) is 13.1 Å². The number of likely N-dealkylation sites (tertiary alicyclic amines) is 1. The van der Waals surface area contributed by atoms with Gasteiger partial charge in [0.2, 0.25) is 0 Å². The monoisotopic (exact) mass is 408 g/mol.